The van der Waals surface area contributed by atoms with Crippen LogP contribution in [0.2, 0.25) is 5.02 Å². The molecule has 26 heavy (non-hydrogen) atoms. The van der Waals surface area contributed by atoms with Crippen molar-refractivity contribution in [3.63, 3.8) is 0 Å². The minimum absolute atomic E-state index is 0.0410. The second-order valence-electron chi connectivity index (χ2n) is 5.88. The molecule has 10 heteroatoms. The molecule has 138 valence electrons. The molecule has 1 aliphatic rings. The van der Waals surface area contributed by atoms with Crippen LogP contribution in [0.1, 0.15) is 17.7 Å². The van der Waals surface area contributed by atoms with Gasteiger partial charge in [-0.05, 0) is 25.1 Å². The average Bonchev–Trinajstić information content (AvgIpc) is 3.12. The van der Waals surface area contributed by atoms with Crippen molar-refractivity contribution >= 4 is 34.9 Å². The second-order valence-corrected chi connectivity index (χ2v) is 6.29. The van der Waals surface area contributed by atoms with Gasteiger partial charge in [0, 0.05) is 24.7 Å². The van der Waals surface area contributed by atoms with E-state index in [0.717, 1.165) is 17.0 Å². The zero-order chi connectivity index (χ0) is 19.1. The Morgan fingerprint density at radius 2 is 2.12 bits per heavy atom. The lowest BCUT2D eigenvalue weighted by molar-refractivity contribution is -0.137. The van der Waals surface area contributed by atoms with Crippen molar-refractivity contribution in [2.24, 2.45) is 5.92 Å². The smallest absolute Gasteiger partial charge is 0.360 e. The molecule has 1 saturated heterocycles. The molecule has 0 spiro atoms. The molecule has 1 fully saturated rings. The predicted molar refractivity (Wildman–Crippen MR) is 86.8 cm³/mol. The Morgan fingerprint density at radius 3 is 2.73 bits per heavy atom. The number of aryl methyl sites for hydroxylation is 1. The Hall–Kier alpha value is -2.55. The summed E-state index contributed by atoms with van der Waals surface area (Å²) in [6.45, 7) is 1.61. The Balaban J connectivity index is 1.76. The quantitative estimate of drug-likeness (QED) is 0.872. The summed E-state index contributed by atoms with van der Waals surface area (Å²) in [5, 5.41) is 5.69. The lowest BCUT2D eigenvalue weighted by atomic mass is 10.1. The highest BCUT2D eigenvalue weighted by atomic mass is 35.5. The summed E-state index contributed by atoms with van der Waals surface area (Å²) in [5.41, 5.74) is -0.991. The molecule has 0 aliphatic carbocycles. The van der Waals surface area contributed by atoms with Gasteiger partial charge < -0.3 is 14.7 Å². The maximum absolute atomic E-state index is 13.0. The van der Waals surface area contributed by atoms with Crippen LogP contribution in [0.3, 0.4) is 0 Å². The summed E-state index contributed by atoms with van der Waals surface area (Å²) in [6, 6.07) is 4.72. The Labute approximate surface area is 150 Å². The number of nitrogens with zero attached hydrogens (tertiary/aromatic N) is 2. The number of anilines is 2. The van der Waals surface area contributed by atoms with Gasteiger partial charge in [0.1, 0.15) is 5.76 Å². The third kappa shape index (κ3) is 3.67. The van der Waals surface area contributed by atoms with Crippen molar-refractivity contribution in [3.8, 4) is 0 Å². The summed E-state index contributed by atoms with van der Waals surface area (Å²) in [6.07, 6.45) is -4.76. The SMILES string of the molecule is Cc1cc(NC(=O)C2CC(=O)N(c3ccc(Cl)c(C(F)(F)F)c3)C2)no1. The second kappa shape index (κ2) is 6.64. The number of rotatable bonds is 3. The van der Waals surface area contributed by atoms with E-state index in [1.807, 2.05) is 0 Å². The molecule has 1 aromatic carbocycles. The fourth-order valence-corrected chi connectivity index (χ4v) is 2.91. The van der Waals surface area contributed by atoms with E-state index < -0.39 is 34.5 Å². The van der Waals surface area contributed by atoms with E-state index in [1.54, 1.807) is 6.92 Å². The maximum Gasteiger partial charge on any atom is 0.417 e. The largest absolute Gasteiger partial charge is 0.417 e. The number of benzene rings is 1. The van der Waals surface area contributed by atoms with E-state index >= 15 is 0 Å². The molecule has 6 nitrogen and oxygen atoms in total. The highest BCUT2D eigenvalue weighted by Gasteiger charge is 2.38. The topological polar surface area (TPSA) is 75.4 Å². The average molecular weight is 388 g/mol. The normalized spacial score (nSPS) is 17.7. The van der Waals surface area contributed by atoms with Gasteiger partial charge in [-0.3, -0.25) is 9.59 Å². The number of carbonyl (C=O) groups excluding carboxylic acids is 2. The molecule has 2 amide bonds. The first kappa shape index (κ1) is 18.2. The minimum atomic E-state index is -4.64. The fourth-order valence-electron chi connectivity index (χ4n) is 2.68. The zero-order valence-corrected chi connectivity index (χ0v) is 14.2. The van der Waals surface area contributed by atoms with Gasteiger partial charge in [0.05, 0.1) is 16.5 Å². The number of aromatic nitrogens is 1. The first-order chi connectivity index (χ1) is 12.1. The molecule has 2 aromatic rings. The van der Waals surface area contributed by atoms with Crippen molar-refractivity contribution in [1.82, 2.24) is 5.16 Å². The van der Waals surface area contributed by atoms with Crippen LogP contribution in [-0.4, -0.2) is 23.5 Å². The fraction of sp³-hybridized carbons (Fsp3) is 0.312. The first-order valence-electron chi connectivity index (χ1n) is 7.56. The number of nitrogens with one attached hydrogen (secondary N) is 1. The van der Waals surface area contributed by atoms with Crippen LogP contribution in [0.4, 0.5) is 24.7 Å². The highest BCUT2D eigenvalue weighted by Crippen LogP contribution is 2.38. The predicted octanol–water partition coefficient (Wildman–Crippen LogP) is 3.65. The van der Waals surface area contributed by atoms with Crippen LogP contribution in [0.5, 0.6) is 0 Å². The van der Waals surface area contributed by atoms with Crippen LogP contribution in [-0.2, 0) is 15.8 Å². The van der Waals surface area contributed by atoms with E-state index in [-0.39, 0.29) is 24.5 Å². The van der Waals surface area contributed by atoms with Crippen molar-refractivity contribution in [2.75, 3.05) is 16.8 Å². The van der Waals surface area contributed by atoms with Crippen molar-refractivity contribution in [1.29, 1.82) is 0 Å². The lowest BCUT2D eigenvalue weighted by Gasteiger charge is -2.19. The Bertz CT molecular complexity index is 866. The van der Waals surface area contributed by atoms with E-state index in [2.05, 4.69) is 10.5 Å². The van der Waals surface area contributed by atoms with Gasteiger partial charge in [-0.1, -0.05) is 16.8 Å². The van der Waals surface area contributed by atoms with Gasteiger partial charge >= 0.3 is 6.18 Å². The van der Waals surface area contributed by atoms with Crippen LogP contribution >= 0.6 is 11.6 Å². The summed E-state index contributed by atoms with van der Waals surface area (Å²) in [4.78, 5) is 25.6. The molecule has 1 unspecified atom stereocenters. The molecule has 0 radical (unpaired) electrons. The number of hydrogen-bond acceptors (Lipinski definition) is 4. The highest BCUT2D eigenvalue weighted by molar-refractivity contribution is 6.31. The van der Waals surface area contributed by atoms with Crippen molar-refractivity contribution in [3.05, 3.63) is 40.6 Å². The summed E-state index contributed by atoms with van der Waals surface area (Å²) in [7, 11) is 0. The van der Waals surface area contributed by atoms with Crippen LogP contribution in [0.15, 0.2) is 28.8 Å². The minimum Gasteiger partial charge on any atom is -0.360 e. The van der Waals surface area contributed by atoms with Crippen LogP contribution in [0.25, 0.3) is 0 Å². The van der Waals surface area contributed by atoms with Crippen LogP contribution < -0.4 is 10.2 Å². The molecular formula is C16H13ClF3N3O3. The third-order valence-electron chi connectivity index (χ3n) is 3.94. The number of hydrogen-bond donors (Lipinski definition) is 1. The molecule has 1 aliphatic heterocycles. The Morgan fingerprint density at radius 1 is 1.38 bits per heavy atom. The van der Waals surface area contributed by atoms with E-state index in [0.29, 0.717) is 5.76 Å². The summed E-state index contributed by atoms with van der Waals surface area (Å²) < 4.78 is 43.8. The standard InChI is InChI=1S/C16H13ClF3N3O3/c1-8-4-13(22-26-8)21-15(25)9-5-14(24)23(7-9)10-2-3-12(17)11(6-10)16(18,19)20/h2-4,6,9H,5,7H2,1H3,(H,21,22,25). The van der Waals surface area contributed by atoms with E-state index in [4.69, 9.17) is 16.1 Å². The summed E-state index contributed by atoms with van der Waals surface area (Å²) in [5.74, 6) is -0.907. The number of alkyl halides is 3. The van der Waals surface area contributed by atoms with E-state index in [9.17, 15) is 22.8 Å². The third-order valence-corrected chi connectivity index (χ3v) is 4.27. The molecule has 1 aromatic heterocycles. The molecule has 0 bridgehead atoms. The van der Waals surface area contributed by atoms with Gasteiger partial charge in [-0.2, -0.15) is 13.2 Å². The monoisotopic (exact) mass is 387 g/mol. The lowest BCUT2D eigenvalue weighted by Crippen LogP contribution is -2.28. The molecule has 0 saturated carbocycles. The first-order valence-corrected chi connectivity index (χ1v) is 7.94. The van der Waals surface area contributed by atoms with E-state index in [1.165, 1.54) is 12.1 Å². The molecule has 3 rings (SSSR count). The molecule has 1 N–H and O–H groups in total. The Kier molecular flexibility index (Phi) is 4.66. The van der Waals surface area contributed by atoms with Gasteiger partial charge in [-0.25, -0.2) is 0 Å². The summed E-state index contributed by atoms with van der Waals surface area (Å²) >= 11 is 5.59. The van der Waals surface area contributed by atoms with Crippen molar-refractivity contribution < 1.29 is 27.3 Å². The van der Waals surface area contributed by atoms with Gasteiger partial charge in [0.25, 0.3) is 0 Å². The number of carbonyl (C=O) groups is 2. The van der Waals surface area contributed by atoms with Gasteiger partial charge in [0.15, 0.2) is 5.82 Å². The maximum atomic E-state index is 13.0. The van der Waals surface area contributed by atoms with Gasteiger partial charge in [0.2, 0.25) is 11.8 Å². The van der Waals surface area contributed by atoms with Crippen molar-refractivity contribution in [2.45, 2.75) is 19.5 Å². The van der Waals surface area contributed by atoms with Crippen LogP contribution in [0, 0.1) is 12.8 Å². The zero-order valence-electron chi connectivity index (χ0n) is 13.4. The number of amides is 2. The van der Waals surface area contributed by atoms with Gasteiger partial charge in [-0.15, -0.1) is 0 Å². The molecule has 1 atom stereocenters. The molecular weight excluding hydrogens is 375 g/mol. The molecule has 2 heterocycles. The number of halogens is 4.